The van der Waals surface area contributed by atoms with Gasteiger partial charge in [-0.15, -0.1) is 0 Å². The molecule has 3 rings (SSSR count). The first kappa shape index (κ1) is 19.2. The minimum absolute atomic E-state index is 0.242. The molecule has 3 aromatic rings. The number of nitrogens with one attached hydrogen (secondary N) is 1. The number of benzene rings is 2. The summed E-state index contributed by atoms with van der Waals surface area (Å²) < 4.78 is 2.27. The second-order valence-corrected chi connectivity index (χ2v) is 7.67. The molecule has 0 aliphatic heterocycles. The highest BCUT2D eigenvalue weighted by Crippen LogP contribution is 2.28. The van der Waals surface area contributed by atoms with Gasteiger partial charge in [-0.1, -0.05) is 38.1 Å². The average molecular weight is 429 g/mol. The van der Waals surface area contributed by atoms with Gasteiger partial charge in [0.15, 0.2) is 0 Å². The zero-order valence-electron chi connectivity index (χ0n) is 15.2. The van der Waals surface area contributed by atoms with Crippen molar-refractivity contribution in [1.82, 2.24) is 4.57 Å². The van der Waals surface area contributed by atoms with E-state index >= 15 is 0 Å². The molecule has 0 aliphatic rings. The first-order valence-corrected chi connectivity index (χ1v) is 9.59. The zero-order chi connectivity index (χ0) is 19.6. The second-order valence-electron chi connectivity index (χ2n) is 6.81. The fraction of sp³-hybridized carbons (Fsp3) is 0.238. The number of hydrogen-bond acceptors (Lipinski definition) is 3. The molecule has 0 bridgehead atoms. The number of aryl methyl sites for hydroxylation is 1. The third-order valence-electron chi connectivity index (χ3n) is 4.42. The maximum atomic E-state index is 13.1. The van der Waals surface area contributed by atoms with Crippen molar-refractivity contribution in [2.24, 2.45) is 5.92 Å². The van der Waals surface area contributed by atoms with Crippen LogP contribution < -0.4 is 10.9 Å². The fourth-order valence-corrected chi connectivity index (χ4v) is 3.33. The van der Waals surface area contributed by atoms with E-state index in [0.29, 0.717) is 33.5 Å². The summed E-state index contributed by atoms with van der Waals surface area (Å²) in [7, 11) is 0. The van der Waals surface area contributed by atoms with Crippen molar-refractivity contribution in [2.75, 3.05) is 5.32 Å². The minimum atomic E-state index is -0.631. The van der Waals surface area contributed by atoms with Gasteiger partial charge in [0.25, 0.3) is 11.5 Å². The van der Waals surface area contributed by atoms with Crippen molar-refractivity contribution < 1.29 is 9.90 Å². The number of amides is 1. The molecule has 0 spiro atoms. The molecule has 0 saturated carbocycles. The molecule has 2 aromatic carbocycles. The van der Waals surface area contributed by atoms with Crippen LogP contribution in [0.1, 0.15) is 30.6 Å². The molecule has 0 aliphatic carbocycles. The Morgan fingerprint density at radius 1 is 1.15 bits per heavy atom. The highest BCUT2D eigenvalue weighted by Gasteiger charge is 2.22. The summed E-state index contributed by atoms with van der Waals surface area (Å²) in [5.41, 5.74) is 0.422. The van der Waals surface area contributed by atoms with Crippen LogP contribution in [0, 0.1) is 5.92 Å². The van der Waals surface area contributed by atoms with E-state index in [1.807, 2.05) is 12.1 Å². The van der Waals surface area contributed by atoms with Crippen LogP contribution in [0.15, 0.2) is 57.8 Å². The number of para-hydroxylation sites is 2. The summed E-state index contributed by atoms with van der Waals surface area (Å²) in [4.78, 5) is 25.9. The molecular formula is C21H21BrN2O3. The average Bonchev–Trinajstić information content (AvgIpc) is 2.63. The first-order valence-electron chi connectivity index (χ1n) is 8.80. The predicted molar refractivity (Wildman–Crippen MR) is 111 cm³/mol. The third kappa shape index (κ3) is 3.90. The number of rotatable bonds is 5. The van der Waals surface area contributed by atoms with E-state index < -0.39 is 11.5 Å². The minimum Gasteiger partial charge on any atom is -0.506 e. The number of carbonyl (C=O) groups excluding carboxylic acids is 1. The lowest BCUT2D eigenvalue weighted by atomic mass is 10.1. The molecule has 27 heavy (non-hydrogen) atoms. The number of aromatic nitrogens is 1. The van der Waals surface area contributed by atoms with Crippen LogP contribution in [0.4, 0.5) is 5.69 Å². The van der Waals surface area contributed by atoms with E-state index in [2.05, 4.69) is 35.1 Å². The van der Waals surface area contributed by atoms with Gasteiger partial charge >= 0.3 is 0 Å². The van der Waals surface area contributed by atoms with Crippen molar-refractivity contribution in [3.05, 3.63) is 68.9 Å². The summed E-state index contributed by atoms with van der Waals surface area (Å²) in [6.45, 7) is 4.63. The molecule has 0 radical (unpaired) electrons. The van der Waals surface area contributed by atoms with Crippen molar-refractivity contribution in [3.63, 3.8) is 0 Å². The van der Waals surface area contributed by atoms with Gasteiger partial charge in [0.1, 0.15) is 11.3 Å². The lowest BCUT2D eigenvalue weighted by Gasteiger charge is -2.16. The molecule has 2 N–H and O–H groups in total. The van der Waals surface area contributed by atoms with E-state index in [1.54, 1.807) is 41.0 Å². The molecule has 5 nitrogen and oxygen atoms in total. The second kappa shape index (κ2) is 7.96. The number of nitrogens with zero attached hydrogens (tertiary/aromatic N) is 1. The molecule has 0 saturated heterocycles. The Hall–Kier alpha value is -2.60. The molecular weight excluding hydrogens is 408 g/mol. The molecule has 1 aromatic heterocycles. The SMILES string of the molecule is CC(C)CCn1c(=O)c(C(=O)Nc2ccccc2Br)c(O)c2ccccc21. The van der Waals surface area contributed by atoms with Gasteiger partial charge in [-0.05, 0) is 52.5 Å². The van der Waals surface area contributed by atoms with E-state index in [0.717, 1.165) is 6.42 Å². The van der Waals surface area contributed by atoms with Crippen LogP contribution in [0.5, 0.6) is 5.75 Å². The van der Waals surface area contributed by atoms with Gasteiger partial charge in [-0.3, -0.25) is 9.59 Å². The van der Waals surface area contributed by atoms with Gasteiger partial charge in [0, 0.05) is 16.4 Å². The highest BCUT2D eigenvalue weighted by molar-refractivity contribution is 9.10. The smallest absolute Gasteiger partial charge is 0.267 e. The number of fused-ring (bicyclic) bond motifs is 1. The molecule has 0 atom stereocenters. The summed E-state index contributed by atoms with van der Waals surface area (Å²) in [5.74, 6) is -0.517. The number of halogens is 1. The van der Waals surface area contributed by atoms with E-state index in [4.69, 9.17) is 0 Å². The van der Waals surface area contributed by atoms with Crippen molar-refractivity contribution in [1.29, 1.82) is 0 Å². The summed E-state index contributed by atoms with van der Waals surface area (Å²) >= 11 is 3.37. The van der Waals surface area contributed by atoms with E-state index in [-0.39, 0.29) is 11.3 Å². The van der Waals surface area contributed by atoms with Gasteiger partial charge in [0.05, 0.1) is 11.2 Å². The number of hydrogen-bond donors (Lipinski definition) is 2. The molecule has 1 amide bonds. The largest absolute Gasteiger partial charge is 0.506 e. The topological polar surface area (TPSA) is 71.3 Å². The first-order chi connectivity index (χ1) is 12.9. The van der Waals surface area contributed by atoms with E-state index in [1.165, 1.54) is 0 Å². The predicted octanol–water partition coefficient (Wildman–Crippen LogP) is 4.77. The normalized spacial score (nSPS) is 11.1. The van der Waals surface area contributed by atoms with Gasteiger partial charge in [-0.25, -0.2) is 0 Å². The lowest BCUT2D eigenvalue weighted by Crippen LogP contribution is -2.30. The Kier molecular flexibility index (Phi) is 5.65. The molecule has 6 heteroatoms. The lowest BCUT2D eigenvalue weighted by molar-refractivity contribution is 0.102. The van der Waals surface area contributed by atoms with Crippen molar-refractivity contribution in [3.8, 4) is 5.75 Å². The van der Waals surface area contributed by atoms with Crippen molar-refractivity contribution in [2.45, 2.75) is 26.8 Å². The number of pyridine rings is 1. The van der Waals surface area contributed by atoms with Crippen LogP contribution in [0.2, 0.25) is 0 Å². The third-order valence-corrected chi connectivity index (χ3v) is 5.12. The quantitative estimate of drug-likeness (QED) is 0.614. The number of carbonyl (C=O) groups is 1. The molecule has 0 fully saturated rings. The van der Waals surface area contributed by atoms with Crippen LogP contribution in [-0.2, 0) is 6.54 Å². The summed E-state index contributed by atoms with van der Waals surface area (Å²) in [6, 6.07) is 14.2. The summed E-state index contributed by atoms with van der Waals surface area (Å²) in [5, 5.41) is 13.9. The Labute approximate surface area is 165 Å². The van der Waals surface area contributed by atoms with Crippen LogP contribution >= 0.6 is 15.9 Å². The number of anilines is 1. The Bertz CT molecular complexity index is 1060. The Morgan fingerprint density at radius 3 is 2.52 bits per heavy atom. The maximum absolute atomic E-state index is 13.1. The van der Waals surface area contributed by atoms with Gasteiger partial charge in [0.2, 0.25) is 0 Å². The summed E-state index contributed by atoms with van der Waals surface area (Å²) in [6.07, 6.45) is 0.792. The van der Waals surface area contributed by atoms with Crippen LogP contribution in [0.3, 0.4) is 0 Å². The molecule has 140 valence electrons. The fourth-order valence-electron chi connectivity index (χ4n) is 2.95. The van der Waals surface area contributed by atoms with Crippen molar-refractivity contribution >= 4 is 38.4 Å². The zero-order valence-corrected chi connectivity index (χ0v) is 16.8. The Morgan fingerprint density at radius 2 is 1.81 bits per heavy atom. The van der Waals surface area contributed by atoms with Gasteiger partial charge < -0.3 is 15.0 Å². The Balaban J connectivity index is 2.13. The molecule has 0 unspecified atom stereocenters. The maximum Gasteiger partial charge on any atom is 0.267 e. The van der Waals surface area contributed by atoms with Gasteiger partial charge in [-0.2, -0.15) is 0 Å². The van der Waals surface area contributed by atoms with Crippen LogP contribution in [0.25, 0.3) is 10.9 Å². The number of aromatic hydroxyl groups is 1. The van der Waals surface area contributed by atoms with E-state index in [9.17, 15) is 14.7 Å². The highest BCUT2D eigenvalue weighted by atomic mass is 79.9. The van der Waals surface area contributed by atoms with Crippen LogP contribution in [-0.4, -0.2) is 15.6 Å². The molecule has 1 heterocycles. The monoisotopic (exact) mass is 428 g/mol. The standard InChI is InChI=1S/C21H21BrN2O3/c1-13(2)11-12-24-17-10-6-3-7-14(17)19(25)18(21(24)27)20(26)23-16-9-5-4-8-15(16)22/h3-10,13,25H,11-12H2,1-2H3,(H,23,26).